The number of hydrogen-bond acceptors (Lipinski definition) is 2. The molecule has 1 saturated carbocycles. The molecule has 0 saturated heterocycles. The van der Waals surface area contributed by atoms with Crippen LogP contribution in [0.3, 0.4) is 0 Å². The van der Waals surface area contributed by atoms with Crippen molar-refractivity contribution in [3.8, 4) is 0 Å². The van der Waals surface area contributed by atoms with Crippen molar-refractivity contribution in [3.05, 3.63) is 108 Å². The molecule has 1 aliphatic rings. The predicted molar refractivity (Wildman–Crippen MR) is 116 cm³/mol. The van der Waals surface area contributed by atoms with Gasteiger partial charge >= 0.3 is 0 Å². The van der Waals surface area contributed by atoms with Gasteiger partial charge in [-0.15, -0.1) is 0 Å². The zero-order chi connectivity index (χ0) is 20.1. The van der Waals surface area contributed by atoms with Crippen LogP contribution in [0.15, 0.2) is 91.0 Å². The number of carbonyl (C=O) groups is 2. The topological polar surface area (TPSA) is 34.1 Å². The molecule has 2 nitrogen and oxygen atoms in total. The Kier molecular flexibility index (Phi) is 6.00. The van der Waals surface area contributed by atoms with Crippen LogP contribution < -0.4 is 0 Å². The summed E-state index contributed by atoms with van der Waals surface area (Å²) in [7, 11) is 0. The highest BCUT2D eigenvalue weighted by atomic mass is 16.1. The SMILES string of the molecule is O=C(C[C@@H](c1ccccc1)[C@@H]1CCC[C@@H](c2ccccc2)C1=O)c1ccccc1. The number of benzene rings is 3. The number of hydrogen-bond donors (Lipinski definition) is 0. The highest BCUT2D eigenvalue weighted by Gasteiger charge is 2.38. The standard InChI is InChI=1S/C27H26O2/c28-26(22-15-8-3-9-16-22)19-25(21-13-6-2-7-14-21)24-18-10-17-23(27(24)29)20-11-4-1-5-12-20/h1-9,11-16,23-25H,10,17-19H2/t23-,24-,25-/m0/s1. The van der Waals surface area contributed by atoms with Gasteiger partial charge in [-0.25, -0.2) is 0 Å². The van der Waals surface area contributed by atoms with Crippen molar-refractivity contribution >= 4 is 11.6 Å². The second-order valence-corrected chi connectivity index (χ2v) is 7.91. The lowest BCUT2D eigenvalue weighted by molar-refractivity contribution is -0.127. The fourth-order valence-corrected chi connectivity index (χ4v) is 4.63. The molecule has 0 radical (unpaired) electrons. The first-order valence-corrected chi connectivity index (χ1v) is 10.5. The van der Waals surface area contributed by atoms with Gasteiger partial charge in [0, 0.05) is 29.7 Å². The summed E-state index contributed by atoms with van der Waals surface area (Å²) in [6, 6.07) is 29.6. The molecular formula is C27H26O2. The van der Waals surface area contributed by atoms with Crippen molar-refractivity contribution in [1.29, 1.82) is 0 Å². The van der Waals surface area contributed by atoms with E-state index in [0.29, 0.717) is 6.42 Å². The highest BCUT2D eigenvalue weighted by Crippen LogP contribution is 2.42. The first kappa shape index (κ1) is 19.3. The first-order chi connectivity index (χ1) is 14.2. The molecule has 2 heteroatoms. The number of Topliss-reactive ketones (excluding diaryl/α,β-unsaturated/α-hetero) is 2. The minimum atomic E-state index is -0.121. The van der Waals surface area contributed by atoms with E-state index in [2.05, 4.69) is 24.3 Å². The Morgan fingerprint density at radius 2 is 1.38 bits per heavy atom. The van der Waals surface area contributed by atoms with Gasteiger partial charge in [0.15, 0.2) is 5.78 Å². The van der Waals surface area contributed by atoms with Crippen LogP contribution in [0.4, 0.5) is 0 Å². The lowest BCUT2D eigenvalue weighted by Gasteiger charge is -2.33. The molecule has 3 atom stereocenters. The summed E-state index contributed by atoms with van der Waals surface area (Å²) in [6.45, 7) is 0. The quantitative estimate of drug-likeness (QED) is 0.476. The van der Waals surface area contributed by atoms with Crippen LogP contribution in [-0.2, 0) is 4.79 Å². The van der Waals surface area contributed by atoms with Gasteiger partial charge in [0.05, 0.1) is 0 Å². The van der Waals surface area contributed by atoms with Gasteiger partial charge in [-0.2, -0.15) is 0 Å². The molecule has 0 unspecified atom stereocenters. The largest absolute Gasteiger partial charge is 0.299 e. The summed E-state index contributed by atoms with van der Waals surface area (Å²) in [5, 5.41) is 0. The van der Waals surface area contributed by atoms with Crippen LogP contribution in [0.1, 0.15) is 59.0 Å². The zero-order valence-corrected chi connectivity index (χ0v) is 16.5. The summed E-state index contributed by atoms with van der Waals surface area (Å²) in [6.07, 6.45) is 3.13. The molecular weight excluding hydrogens is 356 g/mol. The van der Waals surface area contributed by atoms with Gasteiger partial charge in [0.2, 0.25) is 0 Å². The van der Waals surface area contributed by atoms with Crippen molar-refractivity contribution in [2.24, 2.45) is 5.92 Å². The molecule has 0 amide bonds. The lowest BCUT2D eigenvalue weighted by atomic mass is 9.68. The number of ketones is 2. The third-order valence-corrected chi connectivity index (χ3v) is 6.13. The molecule has 146 valence electrons. The van der Waals surface area contributed by atoms with E-state index in [1.54, 1.807) is 0 Å². The minimum absolute atomic E-state index is 0.0620. The van der Waals surface area contributed by atoms with E-state index in [-0.39, 0.29) is 29.3 Å². The van der Waals surface area contributed by atoms with E-state index in [9.17, 15) is 9.59 Å². The first-order valence-electron chi connectivity index (χ1n) is 10.5. The molecule has 0 N–H and O–H groups in total. The molecule has 4 rings (SSSR count). The summed E-state index contributed by atoms with van der Waals surface area (Å²) in [5.74, 6) is 0.131. The molecule has 3 aromatic carbocycles. The molecule has 0 spiro atoms. The molecule has 1 aliphatic carbocycles. The van der Waals surface area contributed by atoms with Crippen molar-refractivity contribution in [2.75, 3.05) is 0 Å². The fourth-order valence-electron chi connectivity index (χ4n) is 4.63. The van der Waals surface area contributed by atoms with Gasteiger partial charge in [-0.05, 0) is 24.0 Å². The van der Waals surface area contributed by atoms with Gasteiger partial charge in [0.25, 0.3) is 0 Å². The summed E-state index contributed by atoms with van der Waals surface area (Å²) in [4.78, 5) is 26.6. The minimum Gasteiger partial charge on any atom is -0.299 e. The van der Waals surface area contributed by atoms with Crippen LogP contribution in [-0.4, -0.2) is 11.6 Å². The van der Waals surface area contributed by atoms with Crippen molar-refractivity contribution in [1.82, 2.24) is 0 Å². The maximum absolute atomic E-state index is 13.5. The highest BCUT2D eigenvalue weighted by molar-refractivity contribution is 5.97. The Balaban J connectivity index is 1.64. The average Bonchev–Trinajstić information content (AvgIpc) is 2.79. The summed E-state index contributed by atoms with van der Waals surface area (Å²) in [5.41, 5.74) is 2.91. The van der Waals surface area contributed by atoms with Crippen LogP contribution in [0, 0.1) is 5.92 Å². The van der Waals surface area contributed by atoms with Gasteiger partial charge in [-0.1, -0.05) is 97.4 Å². The van der Waals surface area contributed by atoms with Crippen LogP contribution >= 0.6 is 0 Å². The summed E-state index contributed by atoms with van der Waals surface area (Å²) < 4.78 is 0. The van der Waals surface area contributed by atoms with E-state index in [1.165, 1.54) is 0 Å². The molecule has 3 aromatic rings. The predicted octanol–water partition coefficient (Wildman–Crippen LogP) is 6.20. The maximum Gasteiger partial charge on any atom is 0.163 e. The Morgan fingerprint density at radius 1 is 0.793 bits per heavy atom. The third-order valence-electron chi connectivity index (χ3n) is 6.13. The van der Waals surface area contributed by atoms with E-state index in [1.807, 2.05) is 66.7 Å². The van der Waals surface area contributed by atoms with Gasteiger partial charge in [0.1, 0.15) is 5.78 Å². The van der Waals surface area contributed by atoms with Gasteiger partial charge in [-0.3, -0.25) is 9.59 Å². The smallest absolute Gasteiger partial charge is 0.163 e. The molecule has 0 bridgehead atoms. The van der Waals surface area contributed by atoms with Crippen molar-refractivity contribution in [2.45, 2.75) is 37.5 Å². The van der Waals surface area contributed by atoms with E-state index < -0.39 is 0 Å². The normalized spacial score (nSPS) is 20.2. The number of carbonyl (C=O) groups excluding carboxylic acids is 2. The van der Waals surface area contributed by atoms with Crippen LogP contribution in [0.2, 0.25) is 0 Å². The van der Waals surface area contributed by atoms with Crippen molar-refractivity contribution in [3.63, 3.8) is 0 Å². The Hall–Kier alpha value is -3.00. The van der Waals surface area contributed by atoms with Crippen LogP contribution in [0.5, 0.6) is 0 Å². The Labute approximate surface area is 172 Å². The molecule has 0 heterocycles. The monoisotopic (exact) mass is 382 g/mol. The second-order valence-electron chi connectivity index (χ2n) is 7.91. The Morgan fingerprint density at radius 3 is 2.03 bits per heavy atom. The lowest BCUT2D eigenvalue weighted by Crippen LogP contribution is -2.32. The summed E-state index contributed by atoms with van der Waals surface area (Å²) >= 11 is 0. The van der Waals surface area contributed by atoms with E-state index in [0.717, 1.165) is 36.0 Å². The maximum atomic E-state index is 13.5. The second kappa shape index (κ2) is 9.00. The van der Waals surface area contributed by atoms with E-state index in [4.69, 9.17) is 0 Å². The van der Waals surface area contributed by atoms with E-state index >= 15 is 0 Å². The third kappa shape index (κ3) is 4.37. The fraction of sp³-hybridized carbons (Fsp3) is 0.259. The van der Waals surface area contributed by atoms with Crippen LogP contribution in [0.25, 0.3) is 0 Å². The molecule has 29 heavy (non-hydrogen) atoms. The molecule has 1 fully saturated rings. The number of rotatable bonds is 6. The zero-order valence-electron chi connectivity index (χ0n) is 16.5. The average molecular weight is 383 g/mol. The molecule has 0 aliphatic heterocycles. The molecule has 0 aromatic heterocycles. The Bertz CT molecular complexity index is 948. The van der Waals surface area contributed by atoms with Gasteiger partial charge < -0.3 is 0 Å². The van der Waals surface area contributed by atoms with Crippen molar-refractivity contribution < 1.29 is 9.59 Å².